The highest BCUT2D eigenvalue weighted by Crippen LogP contribution is 2.22. The quantitative estimate of drug-likeness (QED) is 0.837. The van der Waals surface area contributed by atoms with Crippen molar-refractivity contribution in [3.63, 3.8) is 0 Å². The summed E-state index contributed by atoms with van der Waals surface area (Å²) in [6.45, 7) is 2.11. The van der Waals surface area contributed by atoms with Gasteiger partial charge in [-0.05, 0) is 12.5 Å². The van der Waals surface area contributed by atoms with Gasteiger partial charge in [0.05, 0.1) is 11.6 Å². The van der Waals surface area contributed by atoms with E-state index in [2.05, 4.69) is 4.98 Å². The molecule has 4 nitrogen and oxygen atoms in total. The molecule has 0 aliphatic carbocycles. The molecule has 0 radical (unpaired) electrons. The number of hydrogen-bond donors (Lipinski definition) is 1. The molecule has 0 bridgehead atoms. The summed E-state index contributed by atoms with van der Waals surface area (Å²) >= 11 is 5.83. The maximum absolute atomic E-state index is 10.7. The third kappa shape index (κ3) is 2.02. The van der Waals surface area contributed by atoms with E-state index in [0.29, 0.717) is 12.2 Å². The van der Waals surface area contributed by atoms with Gasteiger partial charge in [0.1, 0.15) is 0 Å². The predicted octanol–water partition coefficient (Wildman–Crippen LogP) is 1.89. The Balaban J connectivity index is 3.19. The van der Waals surface area contributed by atoms with Crippen LogP contribution in [0.15, 0.2) is 6.20 Å². The Morgan fingerprint density at radius 2 is 2.36 bits per heavy atom. The Bertz CT molecular complexity index is 365. The van der Waals surface area contributed by atoms with Crippen molar-refractivity contribution < 1.29 is 14.6 Å². The highest BCUT2D eigenvalue weighted by Gasteiger charge is 2.14. The number of aromatic carboxylic acids is 1. The van der Waals surface area contributed by atoms with Crippen LogP contribution in [-0.2, 0) is 11.3 Å². The van der Waals surface area contributed by atoms with E-state index in [4.69, 9.17) is 21.4 Å². The molecule has 1 heterocycles. The zero-order valence-corrected chi connectivity index (χ0v) is 8.63. The molecule has 76 valence electrons. The van der Waals surface area contributed by atoms with Crippen molar-refractivity contribution in [1.29, 1.82) is 0 Å². The zero-order chi connectivity index (χ0) is 10.7. The van der Waals surface area contributed by atoms with Crippen molar-refractivity contribution in [2.45, 2.75) is 13.5 Å². The van der Waals surface area contributed by atoms with E-state index in [0.717, 1.165) is 5.56 Å². The molecule has 0 aromatic carbocycles. The van der Waals surface area contributed by atoms with Crippen molar-refractivity contribution in [1.82, 2.24) is 4.98 Å². The summed E-state index contributed by atoms with van der Waals surface area (Å²) < 4.78 is 4.92. The number of halogens is 1. The van der Waals surface area contributed by atoms with E-state index in [9.17, 15) is 4.79 Å². The molecule has 0 saturated carbocycles. The molecule has 1 aromatic rings. The lowest BCUT2D eigenvalue weighted by molar-refractivity contribution is 0.0690. The molecule has 1 rings (SSSR count). The number of aromatic nitrogens is 1. The Hall–Kier alpha value is -1.13. The van der Waals surface area contributed by atoms with Crippen LogP contribution in [0.1, 0.15) is 21.6 Å². The molecule has 1 N–H and O–H groups in total. The molecule has 0 aliphatic heterocycles. The number of carboxylic acids is 1. The second-order valence-electron chi connectivity index (χ2n) is 2.81. The lowest BCUT2D eigenvalue weighted by atomic mass is 10.1. The minimum atomic E-state index is -1.12. The SMILES string of the molecule is COCc1cnc(C(=O)O)c(Cl)c1C. The van der Waals surface area contributed by atoms with Gasteiger partial charge in [-0.2, -0.15) is 0 Å². The van der Waals surface area contributed by atoms with Crippen molar-refractivity contribution in [3.05, 3.63) is 28.0 Å². The average Bonchev–Trinajstić information content (AvgIpc) is 2.13. The summed E-state index contributed by atoms with van der Waals surface area (Å²) in [4.78, 5) is 14.4. The average molecular weight is 216 g/mol. The van der Waals surface area contributed by atoms with Crippen molar-refractivity contribution in [2.75, 3.05) is 7.11 Å². The fraction of sp³-hybridized carbons (Fsp3) is 0.333. The van der Waals surface area contributed by atoms with Crippen molar-refractivity contribution >= 4 is 17.6 Å². The van der Waals surface area contributed by atoms with Crippen LogP contribution < -0.4 is 0 Å². The minimum Gasteiger partial charge on any atom is -0.476 e. The lowest BCUT2D eigenvalue weighted by Crippen LogP contribution is -2.05. The molecule has 14 heavy (non-hydrogen) atoms. The van der Waals surface area contributed by atoms with E-state index in [1.165, 1.54) is 6.20 Å². The summed E-state index contributed by atoms with van der Waals surface area (Å²) in [7, 11) is 1.55. The predicted molar refractivity (Wildman–Crippen MR) is 51.7 cm³/mol. The van der Waals surface area contributed by atoms with Gasteiger partial charge in [0.2, 0.25) is 0 Å². The van der Waals surface area contributed by atoms with E-state index >= 15 is 0 Å². The molecule has 5 heteroatoms. The number of rotatable bonds is 3. The summed E-state index contributed by atoms with van der Waals surface area (Å²) in [5.74, 6) is -1.12. The molecule has 0 amide bonds. The molecular weight excluding hydrogens is 206 g/mol. The maximum atomic E-state index is 10.7. The molecule has 0 fully saturated rings. The van der Waals surface area contributed by atoms with Crippen molar-refractivity contribution in [2.24, 2.45) is 0 Å². The number of carbonyl (C=O) groups is 1. The molecule has 0 aliphatic rings. The monoisotopic (exact) mass is 215 g/mol. The van der Waals surface area contributed by atoms with Crippen LogP contribution >= 0.6 is 11.6 Å². The third-order valence-corrected chi connectivity index (χ3v) is 2.33. The molecular formula is C9H10ClNO3. The normalized spacial score (nSPS) is 10.2. The van der Waals surface area contributed by atoms with Gasteiger partial charge in [0.15, 0.2) is 5.69 Å². The lowest BCUT2D eigenvalue weighted by Gasteiger charge is -2.07. The molecule has 1 aromatic heterocycles. The molecule has 0 unspecified atom stereocenters. The standard InChI is InChI=1S/C9H10ClNO3/c1-5-6(4-14-2)3-11-8(7(5)10)9(12)13/h3H,4H2,1-2H3,(H,12,13). The summed E-state index contributed by atoms with van der Waals surface area (Å²) in [5, 5.41) is 8.91. The first-order valence-electron chi connectivity index (χ1n) is 3.94. The van der Waals surface area contributed by atoms with Gasteiger partial charge < -0.3 is 9.84 Å². The molecule has 0 spiro atoms. The second kappa shape index (κ2) is 4.39. The van der Waals surface area contributed by atoms with E-state index in [-0.39, 0.29) is 10.7 Å². The number of carboxylic acid groups (broad SMARTS) is 1. The smallest absolute Gasteiger partial charge is 0.356 e. The van der Waals surface area contributed by atoms with Gasteiger partial charge in [0, 0.05) is 18.9 Å². The fourth-order valence-electron chi connectivity index (χ4n) is 1.06. The van der Waals surface area contributed by atoms with Gasteiger partial charge >= 0.3 is 5.97 Å². The van der Waals surface area contributed by atoms with Gasteiger partial charge in [-0.3, -0.25) is 0 Å². The maximum Gasteiger partial charge on any atom is 0.356 e. The van der Waals surface area contributed by atoms with Crippen LogP contribution in [0.5, 0.6) is 0 Å². The van der Waals surface area contributed by atoms with Gasteiger partial charge in [-0.15, -0.1) is 0 Å². The molecule has 0 saturated heterocycles. The van der Waals surface area contributed by atoms with Crippen LogP contribution in [0.2, 0.25) is 5.02 Å². The second-order valence-corrected chi connectivity index (χ2v) is 3.19. The minimum absolute atomic E-state index is 0.121. The Labute approximate surface area is 86.5 Å². The van der Waals surface area contributed by atoms with Gasteiger partial charge in [0.25, 0.3) is 0 Å². The topological polar surface area (TPSA) is 59.4 Å². The molecule has 0 atom stereocenters. The first-order valence-corrected chi connectivity index (χ1v) is 4.32. The van der Waals surface area contributed by atoms with Crippen LogP contribution in [0.4, 0.5) is 0 Å². The van der Waals surface area contributed by atoms with Crippen molar-refractivity contribution in [3.8, 4) is 0 Å². The van der Waals surface area contributed by atoms with Crippen LogP contribution in [0.25, 0.3) is 0 Å². The highest BCUT2D eigenvalue weighted by molar-refractivity contribution is 6.34. The Morgan fingerprint density at radius 3 is 2.86 bits per heavy atom. The highest BCUT2D eigenvalue weighted by atomic mass is 35.5. The summed E-state index contributed by atoms with van der Waals surface area (Å²) in [6.07, 6.45) is 1.47. The van der Waals surface area contributed by atoms with E-state index < -0.39 is 5.97 Å². The number of pyridine rings is 1. The van der Waals surface area contributed by atoms with E-state index in [1.54, 1.807) is 14.0 Å². The number of methoxy groups -OCH3 is 1. The number of nitrogens with zero attached hydrogens (tertiary/aromatic N) is 1. The zero-order valence-electron chi connectivity index (χ0n) is 7.87. The number of ether oxygens (including phenoxy) is 1. The van der Waals surface area contributed by atoms with E-state index in [1.807, 2.05) is 0 Å². The summed E-state index contributed by atoms with van der Waals surface area (Å²) in [6, 6.07) is 0. The van der Waals surface area contributed by atoms with Crippen LogP contribution in [0.3, 0.4) is 0 Å². The van der Waals surface area contributed by atoms with Crippen LogP contribution in [0, 0.1) is 6.92 Å². The Morgan fingerprint density at radius 1 is 1.71 bits per heavy atom. The summed E-state index contributed by atoms with van der Waals surface area (Å²) in [5.41, 5.74) is 1.37. The van der Waals surface area contributed by atoms with Crippen LogP contribution in [-0.4, -0.2) is 23.2 Å². The number of hydrogen-bond acceptors (Lipinski definition) is 3. The third-order valence-electron chi connectivity index (χ3n) is 1.87. The largest absolute Gasteiger partial charge is 0.476 e. The van der Waals surface area contributed by atoms with Gasteiger partial charge in [-0.25, -0.2) is 9.78 Å². The van der Waals surface area contributed by atoms with Gasteiger partial charge in [-0.1, -0.05) is 11.6 Å². The Kier molecular flexibility index (Phi) is 3.43. The first-order chi connectivity index (χ1) is 6.57. The fourth-order valence-corrected chi connectivity index (χ4v) is 1.32. The first kappa shape index (κ1) is 10.9.